The first-order valence-electron chi connectivity index (χ1n) is 5.94. The van der Waals surface area contributed by atoms with Crippen LogP contribution in [0.2, 0.25) is 5.02 Å². The summed E-state index contributed by atoms with van der Waals surface area (Å²) in [5, 5.41) is 2.19. The Morgan fingerprint density at radius 1 is 1.38 bits per heavy atom. The zero-order chi connectivity index (χ0) is 11.3. The van der Waals surface area contributed by atoms with E-state index < -0.39 is 0 Å². The standard InChI is InChI=1S/C14H16ClN/c1-8-3-4-13-11(5-8)12-7-10(15)6-9(2)14(12)16-13/h6-8,16H,3-5H2,1-2H3. The molecular formula is C14H16ClN. The minimum absolute atomic E-state index is 0.797. The predicted octanol–water partition coefficient (Wildman–Crippen LogP) is 4.25. The third kappa shape index (κ3) is 1.46. The maximum atomic E-state index is 6.15. The highest BCUT2D eigenvalue weighted by molar-refractivity contribution is 6.31. The summed E-state index contributed by atoms with van der Waals surface area (Å²) in [7, 11) is 0. The number of halogens is 1. The van der Waals surface area contributed by atoms with E-state index in [2.05, 4.69) is 24.9 Å². The molecule has 1 aromatic heterocycles. The average Bonchev–Trinajstić information content (AvgIpc) is 2.57. The van der Waals surface area contributed by atoms with E-state index in [1.54, 1.807) is 0 Å². The van der Waals surface area contributed by atoms with E-state index in [0.717, 1.165) is 10.9 Å². The number of aryl methyl sites for hydroxylation is 2. The van der Waals surface area contributed by atoms with Crippen molar-refractivity contribution in [2.75, 3.05) is 0 Å². The Bertz CT molecular complexity index is 553. The summed E-state index contributed by atoms with van der Waals surface area (Å²) >= 11 is 6.15. The van der Waals surface area contributed by atoms with Gasteiger partial charge in [-0.05, 0) is 55.4 Å². The lowest BCUT2D eigenvalue weighted by Crippen LogP contribution is -2.09. The van der Waals surface area contributed by atoms with E-state index in [4.69, 9.17) is 11.6 Å². The number of hydrogen-bond acceptors (Lipinski definition) is 0. The van der Waals surface area contributed by atoms with Gasteiger partial charge in [0.15, 0.2) is 0 Å². The molecule has 1 aromatic carbocycles. The van der Waals surface area contributed by atoms with Crippen LogP contribution in [0.3, 0.4) is 0 Å². The van der Waals surface area contributed by atoms with E-state index in [1.807, 2.05) is 6.07 Å². The highest BCUT2D eigenvalue weighted by atomic mass is 35.5. The number of benzene rings is 1. The van der Waals surface area contributed by atoms with Crippen molar-refractivity contribution in [3.05, 3.63) is 34.0 Å². The molecule has 1 nitrogen and oxygen atoms in total. The summed E-state index contributed by atoms with van der Waals surface area (Å²) in [6.45, 7) is 4.46. The van der Waals surface area contributed by atoms with Gasteiger partial charge in [-0.3, -0.25) is 0 Å². The molecule has 0 bridgehead atoms. The van der Waals surface area contributed by atoms with Gasteiger partial charge in [-0.1, -0.05) is 18.5 Å². The topological polar surface area (TPSA) is 15.8 Å². The van der Waals surface area contributed by atoms with E-state index >= 15 is 0 Å². The van der Waals surface area contributed by atoms with Gasteiger partial charge in [-0.15, -0.1) is 0 Å². The molecule has 0 amide bonds. The smallest absolute Gasteiger partial charge is 0.0489 e. The molecule has 1 aliphatic carbocycles. The second-order valence-electron chi connectivity index (χ2n) is 5.08. The van der Waals surface area contributed by atoms with E-state index in [0.29, 0.717) is 0 Å². The Kier molecular flexibility index (Phi) is 2.25. The predicted molar refractivity (Wildman–Crippen MR) is 69.2 cm³/mol. The van der Waals surface area contributed by atoms with Crippen LogP contribution in [0.25, 0.3) is 10.9 Å². The lowest BCUT2D eigenvalue weighted by Gasteiger charge is -2.18. The fourth-order valence-electron chi connectivity index (χ4n) is 2.82. The van der Waals surface area contributed by atoms with Gasteiger partial charge in [-0.25, -0.2) is 0 Å². The van der Waals surface area contributed by atoms with Crippen molar-refractivity contribution in [1.29, 1.82) is 0 Å². The van der Waals surface area contributed by atoms with Gasteiger partial charge in [0, 0.05) is 21.6 Å². The van der Waals surface area contributed by atoms with E-state index in [9.17, 15) is 0 Å². The Balaban J connectivity index is 2.30. The molecule has 1 aliphatic rings. The average molecular weight is 234 g/mol. The summed E-state index contributed by atoms with van der Waals surface area (Å²) in [4.78, 5) is 3.57. The number of rotatable bonds is 0. The lowest BCUT2D eigenvalue weighted by atomic mass is 9.87. The van der Waals surface area contributed by atoms with Crippen LogP contribution in [0.5, 0.6) is 0 Å². The molecule has 0 aliphatic heterocycles. The van der Waals surface area contributed by atoms with Gasteiger partial charge >= 0.3 is 0 Å². The third-order valence-corrected chi connectivity index (χ3v) is 3.92. The molecule has 0 fully saturated rings. The molecule has 1 N–H and O–H groups in total. The molecule has 3 rings (SSSR count). The van der Waals surface area contributed by atoms with Crippen LogP contribution >= 0.6 is 11.6 Å². The Hall–Kier alpha value is -0.950. The Labute approximate surface area is 101 Å². The quantitative estimate of drug-likeness (QED) is 0.700. The lowest BCUT2D eigenvalue weighted by molar-refractivity contribution is 0.499. The molecule has 0 saturated carbocycles. The Morgan fingerprint density at radius 3 is 3.00 bits per heavy atom. The second-order valence-corrected chi connectivity index (χ2v) is 5.51. The number of fused-ring (bicyclic) bond motifs is 3. The van der Waals surface area contributed by atoms with Crippen molar-refractivity contribution in [1.82, 2.24) is 4.98 Å². The van der Waals surface area contributed by atoms with Crippen LogP contribution in [0.4, 0.5) is 0 Å². The van der Waals surface area contributed by atoms with Gasteiger partial charge in [0.25, 0.3) is 0 Å². The number of aromatic nitrogens is 1. The van der Waals surface area contributed by atoms with E-state index in [-0.39, 0.29) is 0 Å². The van der Waals surface area contributed by atoms with Crippen LogP contribution in [0.15, 0.2) is 12.1 Å². The molecule has 1 atom stereocenters. The molecule has 1 unspecified atom stereocenters. The zero-order valence-electron chi connectivity index (χ0n) is 9.73. The molecule has 0 saturated heterocycles. The first-order valence-corrected chi connectivity index (χ1v) is 6.32. The van der Waals surface area contributed by atoms with Gasteiger partial charge in [-0.2, -0.15) is 0 Å². The molecule has 2 aromatic rings. The molecule has 0 spiro atoms. The third-order valence-electron chi connectivity index (χ3n) is 3.71. The maximum Gasteiger partial charge on any atom is 0.0489 e. The summed E-state index contributed by atoms with van der Waals surface area (Å²) in [6, 6.07) is 4.15. The van der Waals surface area contributed by atoms with Gasteiger partial charge < -0.3 is 4.98 Å². The maximum absolute atomic E-state index is 6.15. The van der Waals surface area contributed by atoms with Crippen LogP contribution in [0, 0.1) is 12.8 Å². The minimum atomic E-state index is 0.797. The SMILES string of the molecule is Cc1cc(Cl)cc2c3c([nH]c12)CCC(C)C3. The molecular weight excluding hydrogens is 218 g/mol. The fourth-order valence-corrected chi connectivity index (χ4v) is 3.10. The Morgan fingerprint density at radius 2 is 2.19 bits per heavy atom. The highest BCUT2D eigenvalue weighted by Gasteiger charge is 2.20. The van der Waals surface area contributed by atoms with Crippen LogP contribution in [-0.4, -0.2) is 4.98 Å². The summed E-state index contributed by atoms with van der Waals surface area (Å²) in [5.74, 6) is 0.797. The van der Waals surface area contributed by atoms with Crippen molar-refractivity contribution in [3.63, 3.8) is 0 Å². The van der Waals surface area contributed by atoms with Crippen LogP contribution in [-0.2, 0) is 12.8 Å². The molecule has 16 heavy (non-hydrogen) atoms. The summed E-state index contributed by atoms with van der Waals surface area (Å²) in [5.41, 5.74) is 5.46. The van der Waals surface area contributed by atoms with Crippen molar-refractivity contribution >= 4 is 22.5 Å². The largest absolute Gasteiger partial charge is 0.358 e. The molecule has 84 valence electrons. The van der Waals surface area contributed by atoms with Gasteiger partial charge in [0.05, 0.1) is 0 Å². The van der Waals surface area contributed by atoms with Crippen LogP contribution < -0.4 is 0 Å². The first-order chi connectivity index (χ1) is 7.65. The molecule has 0 radical (unpaired) electrons. The fraction of sp³-hybridized carbons (Fsp3) is 0.429. The van der Waals surface area contributed by atoms with Crippen molar-refractivity contribution in [3.8, 4) is 0 Å². The van der Waals surface area contributed by atoms with E-state index in [1.165, 1.54) is 47.0 Å². The second kappa shape index (κ2) is 3.53. The van der Waals surface area contributed by atoms with Gasteiger partial charge in [0.2, 0.25) is 0 Å². The summed E-state index contributed by atoms with van der Waals surface area (Å²) < 4.78 is 0. The van der Waals surface area contributed by atoms with Gasteiger partial charge in [0.1, 0.15) is 0 Å². The normalized spacial score (nSPS) is 20.1. The van der Waals surface area contributed by atoms with Crippen molar-refractivity contribution in [2.45, 2.75) is 33.1 Å². The van der Waals surface area contributed by atoms with Crippen molar-refractivity contribution in [2.24, 2.45) is 5.92 Å². The first kappa shape index (κ1) is 10.2. The highest BCUT2D eigenvalue weighted by Crippen LogP contribution is 2.34. The van der Waals surface area contributed by atoms with Crippen LogP contribution in [0.1, 0.15) is 30.2 Å². The number of aromatic amines is 1. The number of H-pyrrole nitrogens is 1. The summed E-state index contributed by atoms with van der Waals surface area (Å²) in [6.07, 6.45) is 3.67. The molecule has 2 heteroatoms. The monoisotopic (exact) mass is 233 g/mol. The zero-order valence-corrected chi connectivity index (χ0v) is 10.5. The minimum Gasteiger partial charge on any atom is -0.358 e. The number of nitrogens with one attached hydrogen (secondary N) is 1. The molecule has 1 heterocycles. The van der Waals surface area contributed by atoms with Crippen molar-refractivity contribution < 1.29 is 0 Å². The number of hydrogen-bond donors (Lipinski definition) is 1.